The van der Waals surface area contributed by atoms with E-state index in [9.17, 15) is 4.79 Å². The van der Waals surface area contributed by atoms with Gasteiger partial charge >= 0.3 is 0 Å². The van der Waals surface area contributed by atoms with Crippen molar-refractivity contribution >= 4 is 22.7 Å². The van der Waals surface area contributed by atoms with Gasteiger partial charge in [-0.2, -0.15) is 0 Å². The van der Waals surface area contributed by atoms with Gasteiger partial charge < -0.3 is 9.55 Å². The Morgan fingerprint density at radius 1 is 1.03 bits per heavy atom. The third kappa shape index (κ3) is 3.96. The van der Waals surface area contributed by atoms with Crippen LogP contribution in [-0.4, -0.2) is 24.7 Å². The van der Waals surface area contributed by atoms with E-state index >= 15 is 0 Å². The number of rotatable bonds is 4. The fourth-order valence-corrected chi connectivity index (χ4v) is 3.93. The first-order valence-electron chi connectivity index (χ1n) is 9.44. The Balaban J connectivity index is 1.54. The van der Waals surface area contributed by atoms with Crippen molar-refractivity contribution in [2.24, 2.45) is 7.05 Å². The molecule has 6 nitrogen and oxygen atoms in total. The summed E-state index contributed by atoms with van der Waals surface area (Å²) in [6.07, 6.45) is 0. The van der Waals surface area contributed by atoms with E-state index < -0.39 is 0 Å². The lowest BCUT2D eigenvalue weighted by Gasteiger charge is -2.19. The zero-order valence-electron chi connectivity index (χ0n) is 16.9. The summed E-state index contributed by atoms with van der Waals surface area (Å²) >= 11 is 1.50. The number of aromatic amines is 1. The van der Waals surface area contributed by atoms with Gasteiger partial charge in [0.2, 0.25) is 0 Å². The molecule has 0 aliphatic carbocycles. The van der Waals surface area contributed by atoms with Crippen LogP contribution in [0.15, 0.2) is 58.5 Å². The van der Waals surface area contributed by atoms with Gasteiger partial charge in [0.15, 0.2) is 11.0 Å². The summed E-state index contributed by atoms with van der Waals surface area (Å²) in [6, 6.07) is 15.8. The predicted octanol–water partition coefficient (Wildman–Crippen LogP) is 4.31. The van der Waals surface area contributed by atoms with Crippen molar-refractivity contribution in [1.82, 2.24) is 24.7 Å². The molecule has 0 bridgehead atoms. The number of para-hydroxylation sites is 1. The molecule has 0 amide bonds. The van der Waals surface area contributed by atoms with E-state index in [0.29, 0.717) is 22.5 Å². The lowest BCUT2D eigenvalue weighted by atomic mass is 9.87. The zero-order chi connectivity index (χ0) is 20.6. The number of H-pyrrole nitrogens is 1. The molecule has 2 aromatic carbocycles. The largest absolute Gasteiger partial charge is 0.309 e. The molecular weight excluding hydrogens is 382 g/mol. The standard InChI is InChI=1S/C22H23N5OS/c1-22(2,3)15-11-9-14(10-12-15)19-25-26-21(27(19)4)29-13-18-23-17-8-6-5-7-16(17)20(28)24-18/h5-12H,13H2,1-4H3,(H,23,24,28). The van der Waals surface area contributed by atoms with Crippen molar-refractivity contribution < 1.29 is 0 Å². The number of fused-ring (bicyclic) bond motifs is 1. The number of thioether (sulfide) groups is 1. The summed E-state index contributed by atoms with van der Waals surface area (Å²) in [5.41, 5.74) is 3.00. The predicted molar refractivity (Wildman–Crippen MR) is 117 cm³/mol. The fraction of sp³-hybridized carbons (Fsp3) is 0.273. The van der Waals surface area contributed by atoms with Gasteiger partial charge in [0.05, 0.1) is 16.7 Å². The number of nitrogens with one attached hydrogen (secondary N) is 1. The summed E-state index contributed by atoms with van der Waals surface area (Å²) in [5.74, 6) is 1.94. The Bertz CT molecular complexity index is 1220. The van der Waals surface area contributed by atoms with Crippen molar-refractivity contribution in [2.75, 3.05) is 0 Å². The maximum Gasteiger partial charge on any atom is 0.258 e. The summed E-state index contributed by atoms with van der Waals surface area (Å²) in [4.78, 5) is 19.6. The van der Waals surface area contributed by atoms with Gasteiger partial charge in [-0.15, -0.1) is 10.2 Å². The SMILES string of the molecule is Cn1c(SCc2nc3ccccc3c(=O)[nH]2)nnc1-c1ccc(C(C)(C)C)cc1. The van der Waals surface area contributed by atoms with Gasteiger partial charge in [-0.3, -0.25) is 4.79 Å². The molecule has 0 atom stereocenters. The Labute approximate surface area is 173 Å². The fourth-order valence-electron chi connectivity index (χ4n) is 3.15. The monoisotopic (exact) mass is 405 g/mol. The summed E-state index contributed by atoms with van der Waals surface area (Å²) in [6.45, 7) is 6.60. The lowest BCUT2D eigenvalue weighted by molar-refractivity contribution is 0.590. The highest BCUT2D eigenvalue weighted by Crippen LogP contribution is 2.27. The van der Waals surface area contributed by atoms with Crippen LogP contribution in [0.25, 0.3) is 22.3 Å². The Morgan fingerprint density at radius 3 is 2.48 bits per heavy atom. The topological polar surface area (TPSA) is 76.5 Å². The molecule has 2 heterocycles. The van der Waals surface area contributed by atoms with Crippen LogP contribution in [0.1, 0.15) is 32.2 Å². The molecule has 29 heavy (non-hydrogen) atoms. The average molecular weight is 406 g/mol. The van der Waals surface area contributed by atoms with E-state index in [1.165, 1.54) is 17.3 Å². The summed E-state index contributed by atoms with van der Waals surface area (Å²) in [7, 11) is 1.95. The molecule has 0 unspecified atom stereocenters. The van der Waals surface area contributed by atoms with Crippen LogP contribution >= 0.6 is 11.8 Å². The number of benzene rings is 2. The highest BCUT2D eigenvalue weighted by Gasteiger charge is 2.16. The smallest absolute Gasteiger partial charge is 0.258 e. The molecule has 7 heteroatoms. The van der Waals surface area contributed by atoms with Gasteiger partial charge in [-0.1, -0.05) is 68.9 Å². The zero-order valence-corrected chi connectivity index (χ0v) is 17.7. The molecule has 4 rings (SSSR count). The van der Waals surface area contributed by atoms with Crippen LogP contribution in [-0.2, 0) is 18.2 Å². The highest BCUT2D eigenvalue weighted by molar-refractivity contribution is 7.98. The number of aromatic nitrogens is 5. The minimum atomic E-state index is -0.121. The number of nitrogens with zero attached hydrogens (tertiary/aromatic N) is 4. The first-order valence-corrected chi connectivity index (χ1v) is 10.4. The van der Waals surface area contributed by atoms with E-state index in [1.54, 1.807) is 6.07 Å². The average Bonchev–Trinajstić information content (AvgIpc) is 3.06. The molecule has 0 spiro atoms. The minimum absolute atomic E-state index is 0.114. The van der Waals surface area contributed by atoms with Crippen molar-refractivity contribution in [3.05, 3.63) is 70.3 Å². The molecule has 0 saturated carbocycles. The second-order valence-corrected chi connectivity index (χ2v) is 8.95. The van der Waals surface area contributed by atoms with Gasteiger partial charge in [-0.05, 0) is 23.1 Å². The molecule has 0 aliphatic rings. The van der Waals surface area contributed by atoms with E-state index in [4.69, 9.17) is 0 Å². The van der Waals surface area contributed by atoms with Crippen molar-refractivity contribution in [3.8, 4) is 11.4 Å². The van der Waals surface area contributed by atoms with Gasteiger partial charge in [0.1, 0.15) is 5.82 Å². The Morgan fingerprint density at radius 2 is 1.76 bits per heavy atom. The number of hydrogen-bond donors (Lipinski definition) is 1. The second kappa shape index (κ2) is 7.48. The van der Waals surface area contributed by atoms with Crippen molar-refractivity contribution in [2.45, 2.75) is 37.1 Å². The Hall–Kier alpha value is -2.93. The second-order valence-electron chi connectivity index (χ2n) is 8.01. The Kier molecular flexibility index (Phi) is 5.00. The maximum absolute atomic E-state index is 12.2. The van der Waals surface area contributed by atoms with Gasteiger partial charge in [0.25, 0.3) is 5.56 Å². The molecule has 1 N–H and O–H groups in total. The van der Waals surface area contributed by atoms with E-state index in [-0.39, 0.29) is 11.0 Å². The molecule has 4 aromatic rings. The molecule has 0 saturated heterocycles. The third-order valence-corrected chi connectivity index (χ3v) is 5.88. The quantitative estimate of drug-likeness (QED) is 0.512. The van der Waals surface area contributed by atoms with Crippen molar-refractivity contribution in [3.63, 3.8) is 0 Å². The molecule has 2 aromatic heterocycles. The van der Waals surface area contributed by atoms with Crippen LogP contribution in [0.2, 0.25) is 0 Å². The molecule has 148 valence electrons. The first kappa shape index (κ1) is 19.4. The highest BCUT2D eigenvalue weighted by atomic mass is 32.2. The van der Waals surface area contributed by atoms with Crippen LogP contribution in [0.4, 0.5) is 0 Å². The first-order chi connectivity index (χ1) is 13.8. The van der Waals surface area contributed by atoms with Gasteiger partial charge in [-0.25, -0.2) is 4.98 Å². The van der Waals surface area contributed by atoms with E-state index in [0.717, 1.165) is 16.5 Å². The number of hydrogen-bond acceptors (Lipinski definition) is 5. The minimum Gasteiger partial charge on any atom is -0.309 e. The molecular formula is C22H23N5OS. The van der Waals surface area contributed by atoms with Crippen LogP contribution < -0.4 is 5.56 Å². The van der Waals surface area contributed by atoms with Crippen molar-refractivity contribution in [1.29, 1.82) is 0 Å². The summed E-state index contributed by atoms with van der Waals surface area (Å²) < 4.78 is 1.97. The van der Waals surface area contributed by atoms with Crippen LogP contribution in [0, 0.1) is 0 Å². The normalized spacial score (nSPS) is 11.9. The molecule has 0 aliphatic heterocycles. The molecule has 0 fully saturated rings. The maximum atomic E-state index is 12.2. The van der Waals surface area contributed by atoms with Crippen LogP contribution in [0.3, 0.4) is 0 Å². The lowest BCUT2D eigenvalue weighted by Crippen LogP contribution is -2.11. The third-order valence-electron chi connectivity index (χ3n) is 4.84. The van der Waals surface area contributed by atoms with Crippen LogP contribution in [0.5, 0.6) is 0 Å². The van der Waals surface area contributed by atoms with Gasteiger partial charge in [0, 0.05) is 12.6 Å². The molecule has 0 radical (unpaired) electrons. The van der Waals surface area contributed by atoms with E-state index in [2.05, 4.69) is 65.2 Å². The van der Waals surface area contributed by atoms with E-state index in [1.807, 2.05) is 29.8 Å². The summed E-state index contributed by atoms with van der Waals surface area (Å²) in [5, 5.41) is 10.0.